The van der Waals surface area contributed by atoms with Crippen LogP contribution in [0.4, 0.5) is 0 Å². The topological polar surface area (TPSA) is 61.3 Å². The second-order valence-corrected chi connectivity index (χ2v) is 6.63. The molecule has 27 heavy (non-hydrogen) atoms. The summed E-state index contributed by atoms with van der Waals surface area (Å²) in [5, 5.41) is 1.96. The number of hydrogen-bond donors (Lipinski definition) is 0. The van der Waals surface area contributed by atoms with Gasteiger partial charge in [0.05, 0.1) is 5.69 Å². The van der Waals surface area contributed by atoms with Gasteiger partial charge >= 0.3 is 5.69 Å². The largest absolute Gasteiger partial charge is 0.332 e. The fourth-order valence-electron chi connectivity index (χ4n) is 3.69. The van der Waals surface area contributed by atoms with Crippen molar-refractivity contribution in [1.82, 2.24) is 18.5 Å². The molecular weight excluding hydrogens is 340 g/mol. The number of imidazole rings is 1. The van der Waals surface area contributed by atoms with Crippen LogP contribution in [0.5, 0.6) is 0 Å². The molecule has 0 radical (unpaired) electrons. The lowest BCUT2D eigenvalue weighted by molar-refractivity contribution is 0.706. The molecule has 132 valence electrons. The highest BCUT2D eigenvalue weighted by atomic mass is 16.2. The monoisotopic (exact) mass is 356 g/mol. The van der Waals surface area contributed by atoms with Crippen molar-refractivity contribution in [2.45, 2.75) is 0 Å². The number of aryl methyl sites for hydroxylation is 1. The Balaban J connectivity index is 2.15. The predicted octanol–water partition coefficient (Wildman–Crippen LogP) is 2.71. The van der Waals surface area contributed by atoms with Gasteiger partial charge in [0, 0.05) is 19.5 Å². The molecule has 0 aliphatic rings. The van der Waals surface area contributed by atoms with E-state index in [2.05, 4.69) is 11.1 Å². The zero-order valence-electron chi connectivity index (χ0n) is 14.9. The van der Waals surface area contributed by atoms with Crippen LogP contribution in [-0.2, 0) is 14.1 Å². The van der Waals surface area contributed by atoms with Gasteiger partial charge < -0.3 is 0 Å². The lowest BCUT2D eigenvalue weighted by Gasteiger charge is -2.11. The molecule has 2 aromatic carbocycles. The van der Waals surface area contributed by atoms with E-state index in [1.165, 1.54) is 11.6 Å². The Hall–Kier alpha value is -3.67. The molecule has 5 aromatic rings. The summed E-state index contributed by atoms with van der Waals surface area (Å²) in [6.07, 6.45) is 0. The lowest BCUT2D eigenvalue weighted by Crippen LogP contribution is -2.37. The summed E-state index contributed by atoms with van der Waals surface area (Å²) in [4.78, 5) is 29.9. The molecule has 0 N–H and O–H groups in total. The van der Waals surface area contributed by atoms with Crippen LogP contribution in [0.25, 0.3) is 38.8 Å². The number of aromatic nitrogens is 4. The Morgan fingerprint density at radius 2 is 1.56 bits per heavy atom. The Labute approximate surface area is 153 Å². The maximum absolute atomic E-state index is 12.7. The van der Waals surface area contributed by atoms with E-state index in [0.717, 1.165) is 26.6 Å². The number of hydrogen-bond acceptors (Lipinski definition) is 3. The van der Waals surface area contributed by atoms with E-state index in [9.17, 15) is 9.59 Å². The van der Waals surface area contributed by atoms with Gasteiger partial charge in [0.1, 0.15) is 5.65 Å². The van der Waals surface area contributed by atoms with Gasteiger partial charge in [-0.25, -0.2) is 9.78 Å². The number of nitrogens with zero attached hydrogens (tertiary/aromatic N) is 4. The average molecular weight is 356 g/mol. The van der Waals surface area contributed by atoms with Crippen molar-refractivity contribution < 1.29 is 0 Å². The number of pyridine rings is 1. The molecule has 0 spiro atoms. The quantitative estimate of drug-likeness (QED) is 0.464. The van der Waals surface area contributed by atoms with E-state index in [0.29, 0.717) is 11.3 Å². The molecular formula is C21H16N4O2. The van der Waals surface area contributed by atoms with Crippen molar-refractivity contribution in [2.75, 3.05) is 0 Å². The Kier molecular flexibility index (Phi) is 3.12. The average Bonchev–Trinajstić information content (AvgIpc) is 3.12. The van der Waals surface area contributed by atoms with Gasteiger partial charge in [-0.1, -0.05) is 54.6 Å². The second kappa shape index (κ2) is 5.41. The third-order valence-electron chi connectivity index (χ3n) is 5.06. The third-order valence-corrected chi connectivity index (χ3v) is 5.06. The van der Waals surface area contributed by atoms with Crippen LogP contribution in [0.15, 0.2) is 70.3 Å². The van der Waals surface area contributed by atoms with Gasteiger partial charge in [-0.05, 0) is 17.0 Å². The molecule has 0 aliphatic carbocycles. The number of rotatable bonds is 1. The highest BCUT2D eigenvalue weighted by Crippen LogP contribution is 2.30. The molecule has 0 unspecified atom stereocenters. The number of fused-ring (bicyclic) bond motifs is 5. The van der Waals surface area contributed by atoms with Gasteiger partial charge in [-0.2, -0.15) is 0 Å². The van der Waals surface area contributed by atoms with E-state index >= 15 is 0 Å². The van der Waals surface area contributed by atoms with Crippen molar-refractivity contribution in [2.24, 2.45) is 14.1 Å². The van der Waals surface area contributed by atoms with Gasteiger partial charge in [-0.15, -0.1) is 0 Å². The fourth-order valence-corrected chi connectivity index (χ4v) is 3.69. The zero-order valence-corrected chi connectivity index (χ0v) is 14.9. The fraction of sp³-hybridized carbons (Fsp3) is 0.0952. The summed E-state index contributed by atoms with van der Waals surface area (Å²) in [6, 6.07) is 19.9. The molecule has 5 rings (SSSR count). The molecule has 0 fully saturated rings. The number of benzene rings is 2. The molecule has 0 amide bonds. The maximum Gasteiger partial charge on any atom is 0.332 e. The van der Waals surface area contributed by atoms with Crippen LogP contribution in [0.2, 0.25) is 0 Å². The molecule has 0 atom stereocenters. The Morgan fingerprint density at radius 3 is 2.33 bits per heavy atom. The molecule has 0 bridgehead atoms. The molecule has 0 saturated heterocycles. The highest BCUT2D eigenvalue weighted by Gasteiger charge is 2.19. The van der Waals surface area contributed by atoms with Crippen LogP contribution in [0.1, 0.15) is 0 Å². The molecule has 6 heteroatoms. The van der Waals surface area contributed by atoms with E-state index in [-0.39, 0.29) is 16.8 Å². The minimum absolute atomic E-state index is 0.285. The normalized spacial score (nSPS) is 11.6. The minimum atomic E-state index is -0.389. The van der Waals surface area contributed by atoms with Crippen LogP contribution in [0.3, 0.4) is 0 Å². The van der Waals surface area contributed by atoms with Gasteiger partial charge in [0.2, 0.25) is 0 Å². The van der Waals surface area contributed by atoms with Crippen LogP contribution < -0.4 is 11.2 Å². The SMILES string of the molecule is Cn1c(=O)c2nc3c4ccccc4cc(-c4ccccc4)n3c2n(C)c1=O. The summed E-state index contributed by atoms with van der Waals surface area (Å²) < 4.78 is 4.49. The van der Waals surface area contributed by atoms with Crippen molar-refractivity contribution in [3.63, 3.8) is 0 Å². The summed E-state index contributed by atoms with van der Waals surface area (Å²) in [5.74, 6) is 0. The standard InChI is InChI=1S/C21H16N4O2/c1-23-19-17(20(26)24(2)21(23)27)22-18-15-11-7-6-10-14(15)12-16(25(18)19)13-8-4-3-5-9-13/h3-12H,1-2H3. The van der Waals surface area contributed by atoms with Crippen molar-refractivity contribution >= 4 is 27.6 Å². The maximum atomic E-state index is 12.7. The van der Waals surface area contributed by atoms with Gasteiger partial charge in [-0.3, -0.25) is 18.3 Å². The van der Waals surface area contributed by atoms with E-state index < -0.39 is 0 Å². The van der Waals surface area contributed by atoms with Crippen molar-refractivity contribution in [1.29, 1.82) is 0 Å². The Bertz CT molecular complexity index is 1470. The first-order valence-corrected chi connectivity index (χ1v) is 8.63. The summed E-state index contributed by atoms with van der Waals surface area (Å²) >= 11 is 0. The van der Waals surface area contributed by atoms with E-state index in [1.54, 1.807) is 7.05 Å². The molecule has 6 nitrogen and oxygen atoms in total. The summed E-state index contributed by atoms with van der Waals surface area (Å²) in [7, 11) is 3.15. The highest BCUT2D eigenvalue weighted by molar-refractivity contribution is 6.00. The molecule has 3 heterocycles. The summed E-state index contributed by atoms with van der Waals surface area (Å²) in [5.41, 5.74) is 2.56. The van der Waals surface area contributed by atoms with Crippen LogP contribution >= 0.6 is 0 Å². The van der Waals surface area contributed by atoms with Crippen LogP contribution in [0, 0.1) is 0 Å². The van der Waals surface area contributed by atoms with E-state index in [4.69, 9.17) is 0 Å². The zero-order chi connectivity index (χ0) is 18.7. The van der Waals surface area contributed by atoms with Gasteiger partial charge in [0.15, 0.2) is 11.2 Å². The first kappa shape index (κ1) is 15.6. The lowest BCUT2D eigenvalue weighted by atomic mass is 10.1. The first-order chi connectivity index (χ1) is 13.1. The van der Waals surface area contributed by atoms with Crippen molar-refractivity contribution in [3.05, 3.63) is 81.5 Å². The smallest absolute Gasteiger partial charge is 0.280 e. The summed E-state index contributed by atoms with van der Waals surface area (Å²) in [6.45, 7) is 0. The second-order valence-electron chi connectivity index (χ2n) is 6.63. The minimum Gasteiger partial charge on any atom is -0.280 e. The van der Waals surface area contributed by atoms with Crippen molar-refractivity contribution in [3.8, 4) is 11.3 Å². The third kappa shape index (κ3) is 2.04. The Morgan fingerprint density at radius 1 is 0.852 bits per heavy atom. The van der Waals surface area contributed by atoms with Crippen LogP contribution in [-0.4, -0.2) is 18.5 Å². The molecule has 0 aliphatic heterocycles. The van der Waals surface area contributed by atoms with Gasteiger partial charge in [0.25, 0.3) is 5.56 Å². The first-order valence-electron chi connectivity index (χ1n) is 8.63. The predicted molar refractivity (Wildman–Crippen MR) is 106 cm³/mol. The molecule has 0 saturated carbocycles. The van der Waals surface area contributed by atoms with E-state index in [1.807, 2.05) is 59.0 Å². The molecule has 3 aromatic heterocycles.